The number of phenols is 1. The van der Waals surface area contributed by atoms with Crippen LogP contribution in [0.2, 0.25) is 0 Å². The molecular formula is C18H15BrN2O4S. The molecule has 0 saturated heterocycles. The smallest absolute Gasteiger partial charge is 0.276 e. The first-order valence-electron chi connectivity index (χ1n) is 7.51. The molecule has 0 unspecified atom stereocenters. The van der Waals surface area contributed by atoms with Crippen LogP contribution in [0.5, 0.6) is 11.5 Å². The summed E-state index contributed by atoms with van der Waals surface area (Å²) < 4.78 is 30.3. The average Bonchev–Trinajstić information content (AvgIpc) is 2.64. The van der Waals surface area contributed by atoms with Gasteiger partial charge in [-0.3, -0.25) is 0 Å². The highest BCUT2D eigenvalue weighted by molar-refractivity contribution is 9.10. The second kappa shape index (κ2) is 7.35. The fourth-order valence-corrected chi connectivity index (χ4v) is 3.67. The number of sulfonamides is 1. The Morgan fingerprint density at radius 3 is 2.58 bits per heavy atom. The van der Waals surface area contributed by atoms with Crippen molar-refractivity contribution in [3.8, 4) is 11.5 Å². The summed E-state index contributed by atoms with van der Waals surface area (Å²) in [7, 11) is -2.37. The standard InChI is InChI=1S/C18H15BrN2O4S/c1-25-17-9-12(8-16(19)18(17)22)11-20-21-26(23,24)15-7-6-13-4-2-3-5-14(13)10-15/h2-11,21-22H,1H3. The summed E-state index contributed by atoms with van der Waals surface area (Å²) in [4.78, 5) is 2.31. The molecule has 2 N–H and O–H groups in total. The highest BCUT2D eigenvalue weighted by Gasteiger charge is 2.13. The quantitative estimate of drug-likeness (QED) is 0.473. The van der Waals surface area contributed by atoms with E-state index in [1.807, 2.05) is 24.3 Å². The maximum atomic E-state index is 12.4. The molecule has 0 aliphatic heterocycles. The first kappa shape index (κ1) is 18.2. The first-order chi connectivity index (χ1) is 12.4. The molecule has 8 heteroatoms. The highest BCUT2D eigenvalue weighted by atomic mass is 79.9. The van der Waals surface area contributed by atoms with Crippen LogP contribution in [0.1, 0.15) is 5.56 Å². The van der Waals surface area contributed by atoms with E-state index >= 15 is 0 Å². The number of nitrogens with one attached hydrogen (secondary N) is 1. The largest absolute Gasteiger partial charge is 0.503 e. The molecule has 0 aromatic heterocycles. The number of methoxy groups -OCH3 is 1. The highest BCUT2D eigenvalue weighted by Crippen LogP contribution is 2.34. The Labute approximate surface area is 159 Å². The molecule has 0 heterocycles. The molecule has 0 aliphatic carbocycles. The van der Waals surface area contributed by atoms with Crippen molar-refractivity contribution in [1.82, 2.24) is 4.83 Å². The Hall–Kier alpha value is -2.58. The summed E-state index contributed by atoms with van der Waals surface area (Å²) in [5.74, 6) is 0.208. The van der Waals surface area contributed by atoms with Gasteiger partial charge in [0.25, 0.3) is 10.0 Å². The van der Waals surface area contributed by atoms with Crippen LogP contribution in [0.4, 0.5) is 0 Å². The molecular weight excluding hydrogens is 420 g/mol. The van der Waals surface area contributed by atoms with Gasteiger partial charge < -0.3 is 9.84 Å². The Kier molecular flexibility index (Phi) is 5.15. The summed E-state index contributed by atoms with van der Waals surface area (Å²) in [6.07, 6.45) is 1.32. The van der Waals surface area contributed by atoms with Crippen molar-refractivity contribution in [3.05, 3.63) is 64.6 Å². The molecule has 0 amide bonds. The Morgan fingerprint density at radius 1 is 1.12 bits per heavy atom. The van der Waals surface area contributed by atoms with Gasteiger partial charge in [0.15, 0.2) is 11.5 Å². The first-order valence-corrected chi connectivity index (χ1v) is 9.78. The lowest BCUT2D eigenvalue weighted by atomic mass is 10.1. The molecule has 3 aromatic carbocycles. The van der Waals surface area contributed by atoms with Gasteiger partial charge in [0, 0.05) is 0 Å². The fourth-order valence-electron chi connectivity index (χ4n) is 2.38. The summed E-state index contributed by atoms with van der Waals surface area (Å²) in [5.41, 5.74) is 0.549. The molecule has 0 spiro atoms. The Balaban J connectivity index is 1.83. The number of ether oxygens (including phenoxy) is 1. The van der Waals surface area contributed by atoms with Crippen LogP contribution in [-0.4, -0.2) is 26.8 Å². The van der Waals surface area contributed by atoms with E-state index in [1.165, 1.54) is 25.5 Å². The third-order valence-electron chi connectivity index (χ3n) is 3.69. The van der Waals surface area contributed by atoms with Crippen molar-refractivity contribution in [3.63, 3.8) is 0 Å². The van der Waals surface area contributed by atoms with Crippen molar-refractivity contribution < 1.29 is 18.3 Å². The van der Waals surface area contributed by atoms with Crippen LogP contribution in [0, 0.1) is 0 Å². The monoisotopic (exact) mass is 434 g/mol. The molecule has 6 nitrogen and oxygen atoms in total. The topological polar surface area (TPSA) is 88.0 Å². The number of aromatic hydroxyl groups is 1. The van der Waals surface area contributed by atoms with Gasteiger partial charge in [-0.25, -0.2) is 4.83 Å². The lowest BCUT2D eigenvalue weighted by Crippen LogP contribution is -2.18. The van der Waals surface area contributed by atoms with E-state index in [0.717, 1.165) is 10.8 Å². The van der Waals surface area contributed by atoms with Crippen LogP contribution in [0.25, 0.3) is 10.8 Å². The van der Waals surface area contributed by atoms with Crippen molar-refractivity contribution in [2.45, 2.75) is 4.90 Å². The molecule has 0 radical (unpaired) electrons. The average molecular weight is 435 g/mol. The molecule has 134 valence electrons. The lowest BCUT2D eigenvalue weighted by molar-refractivity contribution is 0.372. The SMILES string of the molecule is COc1cc(C=NNS(=O)(=O)c2ccc3ccccc3c2)cc(Br)c1O. The molecule has 3 aromatic rings. The van der Waals surface area contributed by atoms with E-state index < -0.39 is 10.0 Å². The summed E-state index contributed by atoms with van der Waals surface area (Å²) >= 11 is 3.20. The van der Waals surface area contributed by atoms with E-state index in [9.17, 15) is 13.5 Å². The number of phenolic OH excluding ortho intramolecular Hbond substituents is 1. The predicted molar refractivity (Wildman–Crippen MR) is 104 cm³/mol. The third kappa shape index (κ3) is 3.81. The number of nitrogens with zero attached hydrogens (tertiary/aromatic N) is 1. The van der Waals surface area contributed by atoms with Gasteiger partial charge in [0.1, 0.15) is 0 Å². The molecule has 3 rings (SSSR count). The molecule has 0 atom stereocenters. The molecule has 0 bridgehead atoms. The third-order valence-corrected chi connectivity index (χ3v) is 5.51. The van der Waals surface area contributed by atoms with Crippen LogP contribution < -0.4 is 9.57 Å². The summed E-state index contributed by atoms with van der Waals surface area (Å²) in [6, 6.07) is 15.5. The minimum atomic E-state index is -3.80. The minimum Gasteiger partial charge on any atom is -0.503 e. The van der Waals surface area contributed by atoms with Crippen molar-refractivity contribution in [2.75, 3.05) is 7.11 Å². The Bertz CT molecular complexity index is 1100. The molecule has 0 aliphatic rings. The van der Waals surface area contributed by atoms with Crippen LogP contribution in [0.3, 0.4) is 0 Å². The number of hydrogen-bond acceptors (Lipinski definition) is 5. The predicted octanol–water partition coefficient (Wildman–Crippen LogP) is 3.63. The van der Waals surface area contributed by atoms with E-state index in [-0.39, 0.29) is 16.4 Å². The van der Waals surface area contributed by atoms with Gasteiger partial charge >= 0.3 is 0 Å². The van der Waals surface area contributed by atoms with Crippen molar-refractivity contribution in [2.24, 2.45) is 5.10 Å². The number of rotatable bonds is 5. The van der Waals surface area contributed by atoms with Gasteiger partial charge in [-0.15, -0.1) is 0 Å². The fraction of sp³-hybridized carbons (Fsp3) is 0.0556. The van der Waals surface area contributed by atoms with E-state index in [4.69, 9.17) is 4.74 Å². The maximum absolute atomic E-state index is 12.4. The number of halogens is 1. The normalized spacial score (nSPS) is 11.8. The number of benzene rings is 3. The van der Waals surface area contributed by atoms with Crippen LogP contribution in [0.15, 0.2) is 69.1 Å². The van der Waals surface area contributed by atoms with E-state index in [1.54, 1.807) is 18.2 Å². The lowest BCUT2D eigenvalue weighted by Gasteiger charge is -2.07. The van der Waals surface area contributed by atoms with Gasteiger partial charge in [0.05, 0.1) is 22.7 Å². The van der Waals surface area contributed by atoms with Gasteiger partial charge in [-0.05, 0) is 56.5 Å². The minimum absolute atomic E-state index is 0.0404. The van der Waals surface area contributed by atoms with Gasteiger partial charge in [-0.2, -0.15) is 13.5 Å². The zero-order chi connectivity index (χ0) is 18.7. The number of hydrazone groups is 1. The van der Waals surface area contributed by atoms with E-state index in [2.05, 4.69) is 25.9 Å². The molecule has 0 saturated carbocycles. The molecule has 0 fully saturated rings. The maximum Gasteiger partial charge on any atom is 0.276 e. The van der Waals surface area contributed by atoms with Crippen molar-refractivity contribution in [1.29, 1.82) is 0 Å². The Morgan fingerprint density at radius 2 is 1.85 bits per heavy atom. The van der Waals surface area contributed by atoms with E-state index in [0.29, 0.717) is 10.0 Å². The van der Waals surface area contributed by atoms with Crippen LogP contribution >= 0.6 is 15.9 Å². The van der Waals surface area contributed by atoms with Crippen LogP contribution in [-0.2, 0) is 10.0 Å². The summed E-state index contributed by atoms with van der Waals surface area (Å²) in [6.45, 7) is 0. The van der Waals surface area contributed by atoms with Gasteiger partial charge in [-0.1, -0.05) is 30.3 Å². The number of hydrogen-bond donors (Lipinski definition) is 2. The summed E-state index contributed by atoms with van der Waals surface area (Å²) in [5, 5.41) is 15.4. The number of fused-ring (bicyclic) bond motifs is 1. The zero-order valence-electron chi connectivity index (χ0n) is 13.7. The second-order valence-electron chi connectivity index (χ2n) is 5.42. The van der Waals surface area contributed by atoms with Gasteiger partial charge in [0.2, 0.25) is 0 Å². The second-order valence-corrected chi connectivity index (χ2v) is 7.93. The zero-order valence-corrected chi connectivity index (χ0v) is 16.1. The van der Waals surface area contributed by atoms with Crippen molar-refractivity contribution >= 4 is 42.9 Å². The molecule has 26 heavy (non-hydrogen) atoms.